The van der Waals surface area contributed by atoms with Gasteiger partial charge in [-0.2, -0.15) is 0 Å². The van der Waals surface area contributed by atoms with Gasteiger partial charge >= 0.3 is 0 Å². The highest BCUT2D eigenvalue weighted by Crippen LogP contribution is 2.14. The summed E-state index contributed by atoms with van der Waals surface area (Å²) >= 11 is 0. The molecular weight excluding hydrogens is 256 g/mol. The lowest BCUT2D eigenvalue weighted by molar-refractivity contribution is 0.922. The second-order valence-corrected chi connectivity index (χ2v) is 5.27. The van der Waals surface area contributed by atoms with Crippen molar-refractivity contribution in [1.29, 1.82) is 0 Å². The van der Waals surface area contributed by atoms with Crippen molar-refractivity contribution in [2.45, 2.75) is 39.5 Å². The minimum Gasteiger partial charge on any atom is -0.346 e. The van der Waals surface area contributed by atoms with Crippen LogP contribution in [0.4, 0.5) is 11.4 Å². The molecule has 0 bridgehead atoms. The van der Waals surface area contributed by atoms with Gasteiger partial charge in [0.05, 0.1) is 12.0 Å². The first-order valence-corrected chi connectivity index (χ1v) is 7.78. The van der Waals surface area contributed by atoms with Gasteiger partial charge < -0.3 is 5.32 Å². The Kier molecular flexibility index (Phi) is 6.01. The summed E-state index contributed by atoms with van der Waals surface area (Å²) in [6, 6.07) is 17.0. The van der Waals surface area contributed by atoms with Crippen LogP contribution in [-0.2, 0) is 12.8 Å². The lowest BCUT2D eigenvalue weighted by atomic mass is 10.1. The Morgan fingerprint density at radius 1 is 0.810 bits per heavy atom. The van der Waals surface area contributed by atoms with Crippen molar-refractivity contribution in [1.82, 2.24) is 0 Å². The Morgan fingerprint density at radius 2 is 1.33 bits per heavy atom. The molecule has 0 fully saturated rings. The van der Waals surface area contributed by atoms with Crippen LogP contribution in [0.1, 0.15) is 37.8 Å². The van der Waals surface area contributed by atoms with Gasteiger partial charge in [-0.3, -0.25) is 0 Å². The molecule has 110 valence electrons. The largest absolute Gasteiger partial charge is 0.346 e. The van der Waals surface area contributed by atoms with Gasteiger partial charge in [-0.1, -0.05) is 51.0 Å². The quantitative estimate of drug-likeness (QED) is 0.535. The predicted octanol–water partition coefficient (Wildman–Crippen LogP) is 5.36. The first-order valence-electron chi connectivity index (χ1n) is 7.78. The van der Waals surface area contributed by atoms with E-state index < -0.39 is 0 Å². The normalized spacial score (nSPS) is 11.0. The number of hydrogen-bond acceptors (Lipinski definition) is 1. The van der Waals surface area contributed by atoms with Crippen LogP contribution in [0.15, 0.2) is 53.5 Å². The molecule has 1 N–H and O–H groups in total. The second-order valence-electron chi connectivity index (χ2n) is 5.27. The van der Waals surface area contributed by atoms with Crippen molar-refractivity contribution in [3.8, 4) is 0 Å². The molecule has 0 atom stereocenters. The highest BCUT2D eigenvalue weighted by molar-refractivity contribution is 5.77. The van der Waals surface area contributed by atoms with Crippen LogP contribution in [0.5, 0.6) is 0 Å². The van der Waals surface area contributed by atoms with E-state index >= 15 is 0 Å². The Labute approximate surface area is 127 Å². The highest BCUT2D eigenvalue weighted by atomic mass is 14.9. The van der Waals surface area contributed by atoms with Gasteiger partial charge in [0.2, 0.25) is 0 Å². The topological polar surface area (TPSA) is 24.4 Å². The zero-order valence-electron chi connectivity index (χ0n) is 13.0. The van der Waals surface area contributed by atoms with Crippen molar-refractivity contribution in [3.63, 3.8) is 0 Å². The van der Waals surface area contributed by atoms with E-state index in [1.54, 1.807) is 6.34 Å². The summed E-state index contributed by atoms with van der Waals surface area (Å²) in [6.45, 7) is 4.40. The summed E-state index contributed by atoms with van der Waals surface area (Å²) < 4.78 is 0. The van der Waals surface area contributed by atoms with Gasteiger partial charge in [-0.15, -0.1) is 0 Å². The van der Waals surface area contributed by atoms with Gasteiger partial charge in [0.25, 0.3) is 0 Å². The summed E-state index contributed by atoms with van der Waals surface area (Å²) in [7, 11) is 0. The van der Waals surface area contributed by atoms with Crippen LogP contribution in [0, 0.1) is 0 Å². The first kappa shape index (κ1) is 15.3. The predicted molar refractivity (Wildman–Crippen MR) is 92.6 cm³/mol. The summed E-state index contributed by atoms with van der Waals surface area (Å²) in [4.78, 5) is 4.43. The fraction of sp³-hybridized carbons (Fsp3) is 0.316. The molecule has 0 unspecified atom stereocenters. The third kappa shape index (κ3) is 5.07. The zero-order valence-corrected chi connectivity index (χ0v) is 13.0. The molecule has 0 spiro atoms. The van der Waals surface area contributed by atoms with Crippen LogP contribution in [0.2, 0.25) is 0 Å². The fourth-order valence-corrected chi connectivity index (χ4v) is 2.28. The minimum atomic E-state index is 0.977. The van der Waals surface area contributed by atoms with E-state index in [0.717, 1.165) is 24.2 Å². The van der Waals surface area contributed by atoms with E-state index in [0.29, 0.717) is 0 Å². The minimum absolute atomic E-state index is 0.977. The SMILES string of the molecule is CCCc1ccc(N=CNc2ccc(CCC)cc2)cc1. The van der Waals surface area contributed by atoms with Gasteiger partial charge in [-0.05, 0) is 48.2 Å². The Balaban J connectivity index is 1.89. The number of aliphatic imine (C=N–C) groups is 1. The van der Waals surface area contributed by atoms with E-state index in [1.807, 2.05) is 0 Å². The van der Waals surface area contributed by atoms with Crippen LogP contribution in [0.3, 0.4) is 0 Å². The molecule has 0 aliphatic rings. The third-order valence-electron chi connectivity index (χ3n) is 3.41. The van der Waals surface area contributed by atoms with E-state index in [-0.39, 0.29) is 0 Å². The number of rotatable bonds is 7. The molecule has 0 radical (unpaired) electrons. The molecule has 2 aromatic rings. The molecule has 0 aromatic heterocycles. The number of nitrogens with one attached hydrogen (secondary N) is 1. The van der Waals surface area contributed by atoms with Gasteiger partial charge in [-0.25, -0.2) is 4.99 Å². The molecule has 2 rings (SSSR count). The maximum atomic E-state index is 4.43. The average molecular weight is 280 g/mol. The third-order valence-corrected chi connectivity index (χ3v) is 3.41. The number of hydrogen-bond donors (Lipinski definition) is 1. The Morgan fingerprint density at radius 3 is 1.86 bits per heavy atom. The molecule has 2 nitrogen and oxygen atoms in total. The molecule has 0 saturated carbocycles. The van der Waals surface area contributed by atoms with E-state index in [2.05, 4.69) is 72.7 Å². The standard InChI is InChI=1S/C19H24N2/c1-3-5-16-7-11-18(12-8-16)20-15-21-19-13-9-17(6-4-2)10-14-19/h7-15H,3-6H2,1-2H3,(H,20,21). The number of nitrogens with zero attached hydrogens (tertiary/aromatic N) is 1. The maximum absolute atomic E-state index is 4.43. The summed E-state index contributed by atoms with van der Waals surface area (Å²) in [6.07, 6.45) is 6.38. The number of aryl methyl sites for hydroxylation is 2. The highest BCUT2D eigenvalue weighted by Gasteiger charge is 1.93. The van der Waals surface area contributed by atoms with Crippen molar-refractivity contribution in [2.75, 3.05) is 5.32 Å². The monoisotopic (exact) mass is 280 g/mol. The smallest absolute Gasteiger partial charge is 0.0930 e. The Bertz CT molecular complexity index is 553. The second kappa shape index (κ2) is 8.25. The molecule has 0 saturated heterocycles. The van der Waals surface area contributed by atoms with Crippen molar-refractivity contribution < 1.29 is 0 Å². The van der Waals surface area contributed by atoms with Gasteiger partial charge in [0, 0.05) is 5.69 Å². The van der Waals surface area contributed by atoms with E-state index in [4.69, 9.17) is 0 Å². The average Bonchev–Trinajstić information content (AvgIpc) is 2.51. The van der Waals surface area contributed by atoms with Gasteiger partial charge in [0.15, 0.2) is 0 Å². The summed E-state index contributed by atoms with van der Waals surface area (Å²) in [5.41, 5.74) is 4.80. The molecule has 0 heterocycles. The molecular formula is C19H24N2. The number of benzene rings is 2. The lowest BCUT2D eigenvalue weighted by Gasteiger charge is -2.03. The Hall–Kier alpha value is -2.09. The summed E-state index contributed by atoms with van der Waals surface area (Å²) in [5, 5.41) is 3.21. The van der Waals surface area contributed by atoms with Crippen LogP contribution in [-0.4, -0.2) is 6.34 Å². The summed E-state index contributed by atoms with van der Waals surface area (Å²) in [5.74, 6) is 0. The van der Waals surface area contributed by atoms with Gasteiger partial charge in [0.1, 0.15) is 0 Å². The zero-order chi connectivity index (χ0) is 14.9. The van der Waals surface area contributed by atoms with Crippen molar-refractivity contribution >= 4 is 17.7 Å². The molecule has 2 heteroatoms. The van der Waals surface area contributed by atoms with Crippen LogP contribution < -0.4 is 5.32 Å². The van der Waals surface area contributed by atoms with E-state index in [9.17, 15) is 0 Å². The maximum Gasteiger partial charge on any atom is 0.0930 e. The fourth-order valence-electron chi connectivity index (χ4n) is 2.28. The van der Waals surface area contributed by atoms with Crippen LogP contribution in [0.25, 0.3) is 0 Å². The number of anilines is 1. The van der Waals surface area contributed by atoms with E-state index in [1.165, 1.54) is 24.0 Å². The van der Waals surface area contributed by atoms with Crippen LogP contribution >= 0.6 is 0 Å². The first-order chi connectivity index (χ1) is 10.3. The van der Waals surface area contributed by atoms with Crippen molar-refractivity contribution in [2.24, 2.45) is 4.99 Å². The van der Waals surface area contributed by atoms with Crippen molar-refractivity contribution in [3.05, 3.63) is 59.7 Å². The molecule has 0 amide bonds. The molecule has 21 heavy (non-hydrogen) atoms. The molecule has 0 aliphatic heterocycles. The molecule has 2 aromatic carbocycles. The lowest BCUT2D eigenvalue weighted by Crippen LogP contribution is -1.94. The molecule has 0 aliphatic carbocycles.